The summed E-state index contributed by atoms with van der Waals surface area (Å²) in [5, 5.41) is 0. The fourth-order valence-electron chi connectivity index (χ4n) is 1.38. The van der Waals surface area contributed by atoms with Gasteiger partial charge in [0.15, 0.2) is 0 Å². The average Bonchev–Trinajstić information content (AvgIpc) is 2.38. The maximum atomic E-state index is 9.08. The highest BCUT2D eigenvalue weighted by Gasteiger charge is 1.94. The van der Waals surface area contributed by atoms with Crippen LogP contribution >= 0.6 is 0 Å². The van der Waals surface area contributed by atoms with E-state index in [4.69, 9.17) is 28.2 Å². The molecule has 1 rings (SSSR count). The molecule has 0 atom stereocenters. The summed E-state index contributed by atoms with van der Waals surface area (Å²) >= 11 is 0. The molecule has 0 saturated carbocycles. The smallest absolute Gasteiger partial charge is 0.119 e. The summed E-state index contributed by atoms with van der Waals surface area (Å²) in [5.74, 6) is 0.888. The molecule has 0 aromatic heterocycles. The van der Waals surface area contributed by atoms with Gasteiger partial charge in [-0.1, -0.05) is 0 Å². The van der Waals surface area contributed by atoms with Crippen LogP contribution in [-0.4, -0.2) is 39.0 Å². The van der Waals surface area contributed by atoms with E-state index in [0.717, 1.165) is 50.5 Å². The molecule has 0 bridgehead atoms. The third-order valence-corrected chi connectivity index (χ3v) is 2.29. The lowest BCUT2D eigenvalue weighted by Gasteiger charge is -2.06. The van der Waals surface area contributed by atoms with Crippen LogP contribution in [0.5, 0.6) is 5.75 Å². The zero-order valence-corrected chi connectivity index (χ0v) is 13.4. The Labute approximate surface area is 127 Å². The van der Waals surface area contributed by atoms with E-state index in [0.29, 0.717) is 6.26 Å². The second-order valence-electron chi connectivity index (χ2n) is 4.38. The Bertz CT molecular complexity index is 451. The molecule has 0 radical (unpaired) electrons. The first-order valence-corrected chi connectivity index (χ1v) is 8.61. The Morgan fingerprint density at radius 2 is 1.62 bits per heavy atom. The molecule has 2 N–H and O–H groups in total. The first-order valence-electron chi connectivity index (χ1n) is 6.80. The van der Waals surface area contributed by atoms with Crippen molar-refractivity contribution < 1.29 is 22.4 Å². The molecule has 0 spiro atoms. The van der Waals surface area contributed by atoms with Gasteiger partial charge in [-0.3, -0.25) is 0 Å². The zero-order valence-electron chi connectivity index (χ0n) is 12.6. The number of nitrogens with two attached hydrogens (primary N) is 1. The van der Waals surface area contributed by atoms with Crippen molar-refractivity contribution in [2.75, 3.05) is 31.8 Å². The van der Waals surface area contributed by atoms with Gasteiger partial charge in [0.1, 0.15) is 5.75 Å². The molecule has 0 unspecified atom stereocenters. The maximum absolute atomic E-state index is 9.08. The fraction of sp³-hybridized carbons (Fsp3) is 0.571. The topological polar surface area (TPSA) is 102 Å². The molecular weight excluding hydrogens is 294 g/mol. The van der Waals surface area contributed by atoms with Gasteiger partial charge in [-0.25, -0.2) is 8.42 Å². The van der Waals surface area contributed by atoms with E-state index in [9.17, 15) is 0 Å². The highest BCUT2D eigenvalue weighted by atomic mass is 32.2. The largest absolute Gasteiger partial charge is 0.748 e. The monoisotopic (exact) mass is 318 g/mol. The van der Waals surface area contributed by atoms with Crippen LogP contribution in [0.1, 0.15) is 26.2 Å². The summed E-state index contributed by atoms with van der Waals surface area (Å²) in [6.45, 7) is 4.45. The molecule has 0 fully saturated rings. The number of benzene rings is 1. The molecule has 21 heavy (non-hydrogen) atoms. The van der Waals surface area contributed by atoms with Crippen molar-refractivity contribution in [2.24, 2.45) is 0 Å². The number of nitrogen functional groups attached to an aromatic ring is 1. The SMILES string of the molecule is CCOCCCCCOc1ccc(N)cc1.CS(=O)(=O)[O-]. The summed E-state index contributed by atoms with van der Waals surface area (Å²) in [7, 11) is -3.92. The van der Waals surface area contributed by atoms with Gasteiger partial charge >= 0.3 is 0 Å². The molecular formula is C14H24NO5S-. The van der Waals surface area contributed by atoms with Crippen molar-refractivity contribution in [1.29, 1.82) is 0 Å². The van der Waals surface area contributed by atoms with Crippen molar-refractivity contribution in [1.82, 2.24) is 0 Å². The number of unbranched alkanes of at least 4 members (excludes halogenated alkanes) is 2. The van der Waals surface area contributed by atoms with E-state index >= 15 is 0 Å². The minimum Gasteiger partial charge on any atom is -0.748 e. The molecule has 1 aromatic rings. The van der Waals surface area contributed by atoms with Crippen molar-refractivity contribution in [3.05, 3.63) is 24.3 Å². The Kier molecular flexibility index (Phi) is 10.7. The molecule has 0 saturated heterocycles. The number of hydrogen-bond acceptors (Lipinski definition) is 6. The second kappa shape index (κ2) is 11.4. The van der Waals surface area contributed by atoms with Gasteiger partial charge in [-0.15, -0.1) is 0 Å². The Hall–Kier alpha value is -1.31. The number of ether oxygens (including phenoxy) is 2. The van der Waals surface area contributed by atoms with Gasteiger partial charge in [0.25, 0.3) is 0 Å². The Morgan fingerprint density at radius 3 is 2.14 bits per heavy atom. The van der Waals surface area contributed by atoms with E-state index in [2.05, 4.69) is 0 Å². The summed E-state index contributed by atoms with van der Waals surface area (Å²) in [4.78, 5) is 0. The van der Waals surface area contributed by atoms with Gasteiger partial charge < -0.3 is 19.8 Å². The first-order chi connectivity index (χ1) is 9.83. The van der Waals surface area contributed by atoms with Gasteiger partial charge in [0, 0.05) is 25.2 Å². The highest BCUT2D eigenvalue weighted by Crippen LogP contribution is 2.13. The van der Waals surface area contributed by atoms with Gasteiger partial charge in [0.2, 0.25) is 0 Å². The molecule has 7 heteroatoms. The highest BCUT2D eigenvalue weighted by molar-refractivity contribution is 7.84. The molecule has 0 amide bonds. The first kappa shape index (κ1) is 19.7. The molecule has 122 valence electrons. The fourth-order valence-corrected chi connectivity index (χ4v) is 1.38. The number of hydrogen-bond donors (Lipinski definition) is 1. The lowest BCUT2D eigenvalue weighted by Crippen LogP contribution is -1.99. The number of anilines is 1. The van der Waals surface area contributed by atoms with E-state index in [1.165, 1.54) is 0 Å². The van der Waals surface area contributed by atoms with Crippen molar-refractivity contribution in [2.45, 2.75) is 26.2 Å². The third kappa shape index (κ3) is 16.6. The van der Waals surface area contributed by atoms with Crippen LogP contribution in [0, 0.1) is 0 Å². The average molecular weight is 318 g/mol. The van der Waals surface area contributed by atoms with Crippen LogP contribution < -0.4 is 10.5 Å². The van der Waals surface area contributed by atoms with E-state index in [1.807, 2.05) is 31.2 Å². The normalized spacial score (nSPS) is 10.6. The van der Waals surface area contributed by atoms with Crippen LogP contribution in [-0.2, 0) is 14.9 Å². The molecule has 0 aliphatic heterocycles. The summed E-state index contributed by atoms with van der Waals surface area (Å²) in [5.41, 5.74) is 6.35. The van der Waals surface area contributed by atoms with Crippen LogP contribution in [0.15, 0.2) is 24.3 Å². The number of rotatable bonds is 8. The lowest BCUT2D eigenvalue weighted by atomic mass is 10.2. The lowest BCUT2D eigenvalue weighted by molar-refractivity contribution is 0.141. The van der Waals surface area contributed by atoms with Crippen molar-refractivity contribution >= 4 is 15.8 Å². The molecule has 0 aliphatic rings. The zero-order chi connectivity index (χ0) is 16.1. The minimum atomic E-state index is -3.92. The van der Waals surface area contributed by atoms with Crippen LogP contribution in [0.3, 0.4) is 0 Å². The Balaban J connectivity index is 0.000000690. The summed E-state index contributed by atoms with van der Waals surface area (Å²) in [6.07, 6.45) is 3.93. The van der Waals surface area contributed by atoms with Crippen molar-refractivity contribution in [3.8, 4) is 5.75 Å². The minimum absolute atomic E-state index is 0.604. The van der Waals surface area contributed by atoms with Crippen LogP contribution in [0.4, 0.5) is 5.69 Å². The van der Waals surface area contributed by atoms with E-state index < -0.39 is 10.1 Å². The summed E-state index contributed by atoms with van der Waals surface area (Å²) < 4.78 is 38.1. The predicted octanol–water partition coefficient (Wildman–Crippen LogP) is 2.02. The van der Waals surface area contributed by atoms with Gasteiger partial charge in [0.05, 0.1) is 16.7 Å². The molecule has 0 heterocycles. The summed E-state index contributed by atoms with van der Waals surface area (Å²) in [6, 6.07) is 7.50. The van der Waals surface area contributed by atoms with E-state index in [1.54, 1.807) is 0 Å². The van der Waals surface area contributed by atoms with Crippen LogP contribution in [0.2, 0.25) is 0 Å². The maximum Gasteiger partial charge on any atom is 0.119 e. The van der Waals surface area contributed by atoms with Gasteiger partial charge in [-0.2, -0.15) is 0 Å². The molecule has 6 nitrogen and oxygen atoms in total. The van der Waals surface area contributed by atoms with Crippen molar-refractivity contribution in [3.63, 3.8) is 0 Å². The quantitative estimate of drug-likeness (QED) is 0.447. The Morgan fingerprint density at radius 1 is 1.10 bits per heavy atom. The van der Waals surface area contributed by atoms with E-state index in [-0.39, 0.29) is 0 Å². The van der Waals surface area contributed by atoms with Gasteiger partial charge in [-0.05, 0) is 50.5 Å². The second-order valence-corrected chi connectivity index (χ2v) is 5.79. The predicted molar refractivity (Wildman–Crippen MR) is 82.3 cm³/mol. The molecule has 0 aliphatic carbocycles. The molecule has 1 aromatic carbocycles. The third-order valence-electron chi connectivity index (χ3n) is 2.29. The standard InChI is InChI=1S/C13H21NO2.CH4O3S/c1-2-15-10-4-3-5-11-16-13-8-6-12(14)7-9-13;1-5(2,3)4/h6-9H,2-5,10-11,14H2,1H3;1H3,(H,2,3,4)/p-1. The van der Waals surface area contributed by atoms with Crippen LogP contribution in [0.25, 0.3) is 0 Å².